The van der Waals surface area contributed by atoms with E-state index in [0.717, 1.165) is 24.0 Å². The summed E-state index contributed by atoms with van der Waals surface area (Å²) in [6, 6.07) is 4.94. The van der Waals surface area contributed by atoms with Crippen LogP contribution in [0, 0.1) is 0 Å². The van der Waals surface area contributed by atoms with E-state index in [0.29, 0.717) is 37.8 Å². The van der Waals surface area contributed by atoms with Gasteiger partial charge in [0.25, 0.3) is 5.91 Å². The third-order valence-corrected chi connectivity index (χ3v) is 7.14. The second-order valence-corrected chi connectivity index (χ2v) is 8.93. The molecule has 1 aromatic carbocycles. The molecule has 1 atom stereocenters. The van der Waals surface area contributed by atoms with Crippen molar-refractivity contribution in [2.24, 2.45) is 0 Å². The molecule has 0 radical (unpaired) electrons. The number of amides is 1. The van der Waals surface area contributed by atoms with Crippen LogP contribution in [0.15, 0.2) is 35.5 Å². The van der Waals surface area contributed by atoms with Crippen LogP contribution in [0.4, 0.5) is 5.95 Å². The molecule has 2 aromatic rings. The number of fused-ring (bicyclic) bond motifs is 1. The molecule has 1 unspecified atom stereocenters. The lowest BCUT2D eigenvalue weighted by molar-refractivity contribution is 0.0730. The first-order valence-electron chi connectivity index (χ1n) is 9.50. The minimum atomic E-state index is -3.58. The Morgan fingerprint density at radius 3 is 2.62 bits per heavy atom. The smallest absolute Gasteiger partial charge is 0.254 e. The summed E-state index contributed by atoms with van der Waals surface area (Å²) in [5, 5.41) is 5.78. The standard InChI is InChI=1S/C19H23N5O4S/c1-20-19-21-11-14(12-22-19)18(25)23-17-5-3-13-2-4-15(10-16(13)17)29(26,27)24-6-8-28-9-7-24/h2,4,10-12,17H,3,5-9H2,1H3,(H,23,25)(H,20,21,22). The van der Waals surface area contributed by atoms with Gasteiger partial charge in [0.2, 0.25) is 16.0 Å². The van der Waals surface area contributed by atoms with Crippen molar-refractivity contribution in [1.29, 1.82) is 0 Å². The van der Waals surface area contributed by atoms with Gasteiger partial charge in [-0.15, -0.1) is 0 Å². The average molecular weight is 417 g/mol. The Hall–Kier alpha value is -2.56. The minimum Gasteiger partial charge on any atom is -0.379 e. The van der Waals surface area contributed by atoms with Crippen LogP contribution >= 0.6 is 0 Å². The zero-order chi connectivity index (χ0) is 20.4. The minimum absolute atomic E-state index is 0.249. The Bertz CT molecular complexity index is 1000. The topological polar surface area (TPSA) is 114 Å². The Balaban J connectivity index is 1.54. The summed E-state index contributed by atoms with van der Waals surface area (Å²) in [4.78, 5) is 21.0. The van der Waals surface area contributed by atoms with Crippen molar-refractivity contribution in [2.75, 3.05) is 38.7 Å². The van der Waals surface area contributed by atoms with Gasteiger partial charge in [-0.3, -0.25) is 4.79 Å². The number of carbonyl (C=O) groups is 1. The third-order valence-electron chi connectivity index (χ3n) is 5.25. The van der Waals surface area contributed by atoms with Crippen LogP contribution in [-0.2, 0) is 21.2 Å². The molecule has 29 heavy (non-hydrogen) atoms. The van der Waals surface area contributed by atoms with Crippen molar-refractivity contribution in [3.8, 4) is 0 Å². The van der Waals surface area contributed by atoms with Crippen molar-refractivity contribution < 1.29 is 17.9 Å². The maximum atomic E-state index is 13.0. The Morgan fingerprint density at radius 1 is 1.21 bits per heavy atom. The van der Waals surface area contributed by atoms with Gasteiger partial charge in [-0.2, -0.15) is 4.31 Å². The predicted octanol–water partition coefficient (Wildman–Crippen LogP) is 0.957. The summed E-state index contributed by atoms with van der Waals surface area (Å²) in [5.41, 5.74) is 2.26. The monoisotopic (exact) mass is 417 g/mol. The first kappa shape index (κ1) is 19.7. The van der Waals surface area contributed by atoms with Crippen LogP contribution in [0.2, 0.25) is 0 Å². The molecule has 1 aliphatic heterocycles. The average Bonchev–Trinajstić information content (AvgIpc) is 3.16. The second-order valence-electron chi connectivity index (χ2n) is 6.99. The molecule has 1 saturated heterocycles. The van der Waals surface area contributed by atoms with Crippen LogP contribution in [0.5, 0.6) is 0 Å². The fraction of sp³-hybridized carbons (Fsp3) is 0.421. The van der Waals surface area contributed by atoms with Crippen molar-refractivity contribution >= 4 is 21.9 Å². The number of morpholine rings is 1. The van der Waals surface area contributed by atoms with Gasteiger partial charge in [-0.05, 0) is 36.1 Å². The van der Waals surface area contributed by atoms with E-state index in [-0.39, 0.29) is 16.8 Å². The van der Waals surface area contributed by atoms with Gasteiger partial charge in [-0.1, -0.05) is 6.07 Å². The van der Waals surface area contributed by atoms with E-state index < -0.39 is 10.0 Å². The number of anilines is 1. The van der Waals surface area contributed by atoms with Crippen molar-refractivity contribution in [2.45, 2.75) is 23.8 Å². The molecule has 9 nitrogen and oxygen atoms in total. The van der Waals surface area contributed by atoms with Crippen LogP contribution in [-0.4, -0.2) is 61.9 Å². The zero-order valence-electron chi connectivity index (χ0n) is 16.1. The molecule has 1 amide bonds. The maximum Gasteiger partial charge on any atom is 0.254 e. The van der Waals surface area contributed by atoms with E-state index in [1.54, 1.807) is 19.2 Å². The highest BCUT2D eigenvalue weighted by Gasteiger charge is 2.30. The van der Waals surface area contributed by atoms with Crippen molar-refractivity contribution in [3.05, 3.63) is 47.3 Å². The number of carbonyl (C=O) groups excluding carboxylic acids is 1. The molecule has 1 fully saturated rings. The molecule has 2 N–H and O–H groups in total. The Morgan fingerprint density at radius 2 is 1.93 bits per heavy atom. The summed E-state index contributed by atoms with van der Waals surface area (Å²) >= 11 is 0. The van der Waals surface area contributed by atoms with E-state index in [4.69, 9.17) is 4.74 Å². The molecule has 4 rings (SSSR count). The number of hydrogen-bond acceptors (Lipinski definition) is 7. The maximum absolute atomic E-state index is 13.0. The third kappa shape index (κ3) is 3.96. The summed E-state index contributed by atoms with van der Waals surface area (Å²) in [5.74, 6) is 0.151. The van der Waals surface area contributed by atoms with Crippen molar-refractivity contribution in [3.63, 3.8) is 0 Å². The molecule has 0 bridgehead atoms. The number of nitrogens with one attached hydrogen (secondary N) is 2. The normalized spacial score (nSPS) is 19.6. The van der Waals surface area contributed by atoms with Crippen LogP contribution < -0.4 is 10.6 Å². The van der Waals surface area contributed by atoms with Gasteiger partial charge in [0.05, 0.1) is 29.7 Å². The molecule has 154 valence electrons. The molecule has 10 heteroatoms. The van der Waals surface area contributed by atoms with Gasteiger partial charge in [0.1, 0.15) is 0 Å². The SMILES string of the molecule is CNc1ncc(C(=O)NC2CCc3ccc(S(=O)(=O)N4CCOCC4)cc32)cn1. The van der Waals surface area contributed by atoms with Crippen LogP contribution in [0.1, 0.15) is 33.9 Å². The highest BCUT2D eigenvalue weighted by molar-refractivity contribution is 7.89. The number of sulfonamides is 1. The number of nitrogens with zero attached hydrogens (tertiary/aromatic N) is 3. The van der Waals surface area contributed by atoms with E-state index in [1.165, 1.54) is 16.7 Å². The summed E-state index contributed by atoms with van der Waals surface area (Å²) in [6.07, 6.45) is 4.43. The second kappa shape index (κ2) is 8.05. The van der Waals surface area contributed by atoms with E-state index >= 15 is 0 Å². The lowest BCUT2D eigenvalue weighted by atomic mass is 10.1. The molecule has 2 aliphatic rings. The number of hydrogen-bond donors (Lipinski definition) is 2. The number of benzene rings is 1. The van der Waals surface area contributed by atoms with Gasteiger partial charge in [0.15, 0.2) is 0 Å². The molecule has 0 saturated carbocycles. The molecular formula is C19H23N5O4S. The first-order chi connectivity index (χ1) is 14.0. The molecule has 2 heterocycles. The summed E-state index contributed by atoms with van der Waals surface area (Å²) in [7, 11) is -1.88. The summed E-state index contributed by atoms with van der Waals surface area (Å²) < 4.78 is 32.6. The highest BCUT2D eigenvalue weighted by Crippen LogP contribution is 2.33. The fourth-order valence-electron chi connectivity index (χ4n) is 3.64. The lowest BCUT2D eigenvalue weighted by Gasteiger charge is -2.26. The summed E-state index contributed by atoms with van der Waals surface area (Å²) in [6.45, 7) is 1.50. The van der Waals surface area contributed by atoms with Crippen LogP contribution in [0.3, 0.4) is 0 Å². The van der Waals surface area contributed by atoms with Gasteiger partial charge >= 0.3 is 0 Å². The largest absolute Gasteiger partial charge is 0.379 e. The first-order valence-corrected chi connectivity index (χ1v) is 10.9. The van der Waals surface area contributed by atoms with Crippen molar-refractivity contribution in [1.82, 2.24) is 19.6 Å². The van der Waals surface area contributed by atoms with Gasteiger partial charge < -0.3 is 15.4 Å². The molecule has 0 spiro atoms. The lowest BCUT2D eigenvalue weighted by Crippen LogP contribution is -2.40. The zero-order valence-corrected chi connectivity index (χ0v) is 16.9. The Kier molecular flexibility index (Phi) is 5.48. The van der Waals surface area contributed by atoms with E-state index in [9.17, 15) is 13.2 Å². The number of aryl methyl sites for hydroxylation is 1. The molecule has 1 aromatic heterocycles. The van der Waals surface area contributed by atoms with Gasteiger partial charge in [-0.25, -0.2) is 18.4 Å². The van der Waals surface area contributed by atoms with E-state index in [2.05, 4.69) is 20.6 Å². The number of aromatic nitrogens is 2. The molecule has 1 aliphatic carbocycles. The quantitative estimate of drug-likeness (QED) is 0.745. The van der Waals surface area contributed by atoms with Gasteiger partial charge in [0, 0.05) is 32.5 Å². The number of ether oxygens (including phenoxy) is 1. The highest BCUT2D eigenvalue weighted by atomic mass is 32.2. The molecular weight excluding hydrogens is 394 g/mol. The predicted molar refractivity (Wildman–Crippen MR) is 106 cm³/mol. The van der Waals surface area contributed by atoms with Crippen LogP contribution in [0.25, 0.3) is 0 Å². The fourth-order valence-corrected chi connectivity index (χ4v) is 5.09. The van der Waals surface area contributed by atoms with E-state index in [1.807, 2.05) is 6.07 Å². The number of rotatable bonds is 5. The Labute approximate surface area is 169 Å².